The highest BCUT2D eigenvalue weighted by molar-refractivity contribution is 6.09. The Bertz CT molecular complexity index is 864. The predicted molar refractivity (Wildman–Crippen MR) is 84.4 cm³/mol. The summed E-state index contributed by atoms with van der Waals surface area (Å²) in [4.78, 5) is 24.7. The van der Waals surface area contributed by atoms with Crippen LogP contribution in [0.1, 0.15) is 15.9 Å². The topological polar surface area (TPSA) is 55.8 Å². The summed E-state index contributed by atoms with van der Waals surface area (Å²) in [7, 11) is 3.41. The van der Waals surface area contributed by atoms with Gasteiger partial charge in [0.15, 0.2) is 0 Å². The van der Waals surface area contributed by atoms with E-state index in [1.807, 2.05) is 0 Å². The van der Waals surface area contributed by atoms with Crippen molar-refractivity contribution in [3.63, 3.8) is 0 Å². The van der Waals surface area contributed by atoms with Crippen LogP contribution < -0.4 is 4.74 Å². The summed E-state index contributed by atoms with van der Waals surface area (Å²) in [5, 5.41) is -0.618. The molecule has 0 spiro atoms. The molecule has 0 aliphatic carbocycles. The fraction of sp³-hybridized carbons (Fsp3) is 0.294. The summed E-state index contributed by atoms with van der Waals surface area (Å²) in [6.07, 6.45) is -4.78. The largest absolute Gasteiger partial charge is 0.496 e. The van der Waals surface area contributed by atoms with Gasteiger partial charge in [-0.3, -0.25) is 9.59 Å². The molecule has 0 fully saturated rings. The number of likely N-dealkylation sites (N-methyl/N-ethyl adjacent to an activating group) is 1. The van der Waals surface area contributed by atoms with Gasteiger partial charge < -0.3 is 14.4 Å². The van der Waals surface area contributed by atoms with Crippen LogP contribution in [0.15, 0.2) is 24.3 Å². The Labute approximate surface area is 146 Å². The van der Waals surface area contributed by atoms with E-state index in [1.54, 1.807) is 0 Å². The molecule has 1 amide bonds. The van der Waals surface area contributed by atoms with Crippen molar-refractivity contribution in [1.82, 2.24) is 4.90 Å². The van der Waals surface area contributed by atoms with E-state index in [2.05, 4.69) is 4.74 Å². The minimum Gasteiger partial charge on any atom is -0.496 e. The van der Waals surface area contributed by atoms with Crippen molar-refractivity contribution in [3.05, 3.63) is 41.2 Å². The van der Waals surface area contributed by atoms with Crippen molar-refractivity contribution < 1.29 is 36.6 Å². The molecule has 0 atom stereocenters. The van der Waals surface area contributed by atoms with E-state index < -0.39 is 47.3 Å². The number of hydrogen-bond donors (Lipinski definition) is 0. The molecule has 0 aromatic heterocycles. The Morgan fingerprint density at radius 2 is 1.69 bits per heavy atom. The second-order valence-electron chi connectivity index (χ2n) is 5.40. The normalized spacial score (nSPS) is 11.3. The number of carbonyl (C=O) groups is 2. The average Bonchev–Trinajstić information content (AvgIpc) is 2.58. The van der Waals surface area contributed by atoms with Crippen molar-refractivity contribution in [2.45, 2.75) is 6.18 Å². The van der Waals surface area contributed by atoms with Crippen molar-refractivity contribution in [3.8, 4) is 5.75 Å². The van der Waals surface area contributed by atoms with Gasteiger partial charge in [0.25, 0.3) is 5.91 Å². The second-order valence-corrected chi connectivity index (χ2v) is 5.40. The Kier molecular flexibility index (Phi) is 5.38. The smallest absolute Gasteiger partial charge is 0.420 e. The van der Waals surface area contributed by atoms with Gasteiger partial charge in [0.05, 0.1) is 19.8 Å². The molecule has 140 valence electrons. The van der Waals surface area contributed by atoms with Crippen molar-refractivity contribution in [2.24, 2.45) is 0 Å². The highest BCUT2D eigenvalue weighted by Gasteiger charge is 2.37. The molecule has 0 heterocycles. The third-order valence-corrected chi connectivity index (χ3v) is 3.77. The summed E-state index contributed by atoms with van der Waals surface area (Å²) in [5.74, 6) is -3.15. The van der Waals surface area contributed by atoms with Crippen LogP contribution in [0.3, 0.4) is 0 Å². The molecule has 26 heavy (non-hydrogen) atoms. The molecular weight excluding hydrogens is 358 g/mol. The lowest BCUT2D eigenvalue weighted by Gasteiger charge is -2.19. The van der Waals surface area contributed by atoms with Crippen molar-refractivity contribution in [2.75, 3.05) is 27.8 Å². The van der Waals surface area contributed by atoms with Gasteiger partial charge in [-0.2, -0.15) is 13.2 Å². The number of rotatable bonds is 4. The lowest BCUT2D eigenvalue weighted by Crippen LogP contribution is -2.33. The fourth-order valence-corrected chi connectivity index (χ4v) is 2.56. The lowest BCUT2D eigenvalue weighted by atomic mass is 9.97. The molecule has 0 N–H and O–H groups in total. The van der Waals surface area contributed by atoms with Crippen LogP contribution in [0.2, 0.25) is 0 Å². The van der Waals surface area contributed by atoms with Gasteiger partial charge in [0, 0.05) is 7.05 Å². The standard InChI is InChI=1S/C17H15F4NO4/c1-22(8-13(23)26-3)16(24)14-9-5-7-12(25-2)15(17(19,20)21)10(9)4-6-11(14)18/h4-7H,8H2,1-3H3. The van der Waals surface area contributed by atoms with Crippen LogP contribution >= 0.6 is 0 Å². The van der Waals surface area contributed by atoms with Gasteiger partial charge in [-0.25, -0.2) is 4.39 Å². The fourth-order valence-electron chi connectivity index (χ4n) is 2.56. The molecule has 0 saturated heterocycles. The summed E-state index contributed by atoms with van der Waals surface area (Å²) in [5.41, 5.74) is -1.68. The van der Waals surface area contributed by atoms with Crippen LogP contribution in [-0.4, -0.2) is 44.6 Å². The predicted octanol–water partition coefficient (Wildman–Crippen LogP) is 3.25. The highest BCUT2D eigenvalue weighted by atomic mass is 19.4. The number of ether oxygens (including phenoxy) is 2. The number of fused-ring (bicyclic) bond motifs is 1. The molecule has 0 saturated carbocycles. The number of methoxy groups -OCH3 is 2. The first-order valence-corrected chi connectivity index (χ1v) is 7.30. The number of amides is 1. The maximum absolute atomic E-state index is 14.3. The maximum atomic E-state index is 14.3. The van der Waals surface area contributed by atoms with E-state index in [1.165, 1.54) is 13.1 Å². The Morgan fingerprint density at radius 1 is 1.08 bits per heavy atom. The van der Waals surface area contributed by atoms with Gasteiger partial charge >= 0.3 is 12.1 Å². The maximum Gasteiger partial charge on any atom is 0.420 e. The molecule has 0 unspecified atom stereocenters. The van der Waals surface area contributed by atoms with Gasteiger partial charge in [0.1, 0.15) is 23.7 Å². The Hall–Kier alpha value is -2.84. The summed E-state index contributed by atoms with van der Waals surface area (Å²) in [6, 6.07) is 3.90. The van der Waals surface area contributed by atoms with E-state index in [-0.39, 0.29) is 10.8 Å². The minimum absolute atomic E-state index is 0.236. The zero-order valence-electron chi connectivity index (χ0n) is 14.1. The first-order valence-electron chi connectivity index (χ1n) is 7.30. The highest BCUT2D eigenvalue weighted by Crippen LogP contribution is 2.42. The number of benzene rings is 2. The van der Waals surface area contributed by atoms with E-state index >= 15 is 0 Å². The van der Waals surface area contributed by atoms with Gasteiger partial charge in [-0.1, -0.05) is 6.07 Å². The SMILES string of the molecule is COC(=O)CN(C)C(=O)c1c(F)ccc2c(C(F)(F)F)c(OC)ccc12. The van der Waals surface area contributed by atoms with E-state index in [9.17, 15) is 27.2 Å². The summed E-state index contributed by atoms with van der Waals surface area (Å²) >= 11 is 0. The first-order chi connectivity index (χ1) is 12.1. The van der Waals surface area contributed by atoms with Crippen molar-refractivity contribution >= 4 is 22.6 Å². The number of halogens is 4. The number of nitrogens with zero attached hydrogens (tertiary/aromatic N) is 1. The van der Waals surface area contributed by atoms with Crippen LogP contribution in [0.4, 0.5) is 17.6 Å². The molecule has 2 rings (SSSR count). The van der Waals surface area contributed by atoms with Gasteiger partial charge in [-0.05, 0) is 29.0 Å². The Balaban J connectivity index is 2.70. The quantitative estimate of drug-likeness (QED) is 0.610. The second kappa shape index (κ2) is 7.19. The van der Waals surface area contributed by atoms with Crippen LogP contribution in [0, 0.1) is 5.82 Å². The molecule has 5 nitrogen and oxygen atoms in total. The van der Waals surface area contributed by atoms with Crippen LogP contribution in [0.25, 0.3) is 10.8 Å². The van der Waals surface area contributed by atoms with Crippen LogP contribution in [0.5, 0.6) is 5.75 Å². The molecule has 0 aliphatic rings. The van der Waals surface area contributed by atoms with E-state index in [0.717, 1.165) is 37.3 Å². The molecule has 9 heteroatoms. The Morgan fingerprint density at radius 3 is 2.23 bits per heavy atom. The first kappa shape index (κ1) is 19.5. The molecular formula is C17H15F4NO4. The van der Waals surface area contributed by atoms with Crippen molar-refractivity contribution in [1.29, 1.82) is 0 Å². The third kappa shape index (κ3) is 3.56. The van der Waals surface area contributed by atoms with Gasteiger partial charge in [0.2, 0.25) is 0 Å². The van der Waals surface area contributed by atoms with E-state index in [4.69, 9.17) is 4.74 Å². The molecule has 0 radical (unpaired) electrons. The molecule has 0 bridgehead atoms. The zero-order valence-corrected chi connectivity index (χ0v) is 14.1. The molecule has 0 aliphatic heterocycles. The number of alkyl halides is 3. The van der Waals surface area contributed by atoms with Crippen LogP contribution in [-0.2, 0) is 15.7 Å². The minimum atomic E-state index is -4.78. The lowest BCUT2D eigenvalue weighted by molar-refractivity contribution is -0.141. The van der Waals surface area contributed by atoms with E-state index in [0.29, 0.717) is 0 Å². The van der Waals surface area contributed by atoms with Gasteiger partial charge in [-0.15, -0.1) is 0 Å². The zero-order chi connectivity index (χ0) is 19.6. The monoisotopic (exact) mass is 373 g/mol. The average molecular weight is 373 g/mol. The number of hydrogen-bond acceptors (Lipinski definition) is 4. The third-order valence-electron chi connectivity index (χ3n) is 3.77. The summed E-state index contributed by atoms with van der Waals surface area (Å²) in [6.45, 7) is -0.479. The number of esters is 1. The molecule has 2 aromatic carbocycles. The molecule has 2 aromatic rings. The number of carbonyl (C=O) groups excluding carboxylic acids is 2. The summed E-state index contributed by atoms with van der Waals surface area (Å²) < 4.78 is 63.8.